The van der Waals surface area contributed by atoms with E-state index in [1.165, 1.54) is 0 Å². The number of halogens is 1. The van der Waals surface area contributed by atoms with Crippen LogP contribution in [0, 0.1) is 0 Å². The van der Waals surface area contributed by atoms with Crippen molar-refractivity contribution in [1.29, 1.82) is 0 Å². The Kier molecular flexibility index (Phi) is 4.52. The molecule has 0 saturated heterocycles. The second kappa shape index (κ2) is 5.29. The molecule has 0 aliphatic heterocycles. The number of aromatic nitrogens is 2. The lowest BCUT2D eigenvalue weighted by atomic mass is 9.98. The molecule has 0 aliphatic rings. The highest BCUT2D eigenvalue weighted by Gasteiger charge is 2.33. The van der Waals surface area contributed by atoms with Gasteiger partial charge in [0, 0.05) is 13.2 Å². The number of aryl methyl sites for hydroxylation is 1. The summed E-state index contributed by atoms with van der Waals surface area (Å²) in [4.78, 5) is 0. The number of nitrogens with zero attached hydrogens (tertiary/aromatic N) is 2. The van der Waals surface area contributed by atoms with Crippen molar-refractivity contribution in [3.63, 3.8) is 0 Å². The van der Waals surface area contributed by atoms with E-state index >= 15 is 0 Å². The highest BCUT2D eigenvalue weighted by molar-refractivity contribution is 9.10. The Labute approximate surface area is 105 Å². The van der Waals surface area contributed by atoms with Gasteiger partial charge < -0.3 is 9.84 Å². The first-order valence-corrected chi connectivity index (χ1v) is 6.26. The Morgan fingerprint density at radius 2 is 2.19 bits per heavy atom. The van der Waals surface area contributed by atoms with Gasteiger partial charge in [0.05, 0.1) is 22.0 Å². The van der Waals surface area contributed by atoms with Crippen molar-refractivity contribution in [1.82, 2.24) is 9.78 Å². The summed E-state index contributed by atoms with van der Waals surface area (Å²) in [5.74, 6) is 0. The Bertz CT molecular complexity index is 350. The third-order valence-corrected chi connectivity index (χ3v) is 3.18. The Balaban J connectivity index is 3.03. The maximum Gasteiger partial charge on any atom is 0.125 e. The molecule has 0 spiro atoms. The summed E-state index contributed by atoms with van der Waals surface area (Å²) in [6.07, 6.45) is 0.994. The largest absolute Gasteiger partial charge is 0.384 e. The fraction of sp³-hybridized carbons (Fsp3) is 0.727. The molecule has 0 bridgehead atoms. The van der Waals surface area contributed by atoms with E-state index < -0.39 is 11.7 Å². The average Bonchev–Trinajstić information content (AvgIpc) is 2.58. The molecule has 0 amide bonds. The number of aliphatic hydroxyl groups excluding tert-OH is 1. The molecule has 1 rings (SSSR count). The maximum atomic E-state index is 10.3. The lowest BCUT2D eigenvalue weighted by Crippen LogP contribution is -2.34. The van der Waals surface area contributed by atoms with E-state index in [-0.39, 0.29) is 0 Å². The van der Waals surface area contributed by atoms with Crippen LogP contribution < -0.4 is 0 Å². The lowest BCUT2D eigenvalue weighted by Gasteiger charge is -2.30. The average molecular weight is 291 g/mol. The van der Waals surface area contributed by atoms with Crippen LogP contribution in [0.2, 0.25) is 0 Å². The Morgan fingerprint density at radius 3 is 2.69 bits per heavy atom. The summed E-state index contributed by atoms with van der Waals surface area (Å²) in [6, 6.07) is 0. The van der Waals surface area contributed by atoms with Crippen molar-refractivity contribution in [3.05, 3.63) is 16.4 Å². The minimum absolute atomic E-state index is 0.571. The Hall–Kier alpha value is -0.390. The second-order valence-electron chi connectivity index (χ2n) is 4.13. The van der Waals surface area contributed by atoms with Crippen molar-refractivity contribution >= 4 is 15.9 Å². The van der Waals surface area contributed by atoms with E-state index in [1.807, 2.05) is 27.7 Å². The van der Waals surface area contributed by atoms with Crippen LogP contribution in [0.15, 0.2) is 10.7 Å². The quantitative estimate of drug-likeness (QED) is 0.906. The van der Waals surface area contributed by atoms with Crippen LogP contribution in [0.1, 0.15) is 39.5 Å². The van der Waals surface area contributed by atoms with E-state index in [9.17, 15) is 5.11 Å². The van der Waals surface area contributed by atoms with E-state index in [1.54, 1.807) is 10.9 Å². The molecule has 4 nitrogen and oxygen atoms in total. The van der Waals surface area contributed by atoms with Crippen molar-refractivity contribution in [3.8, 4) is 0 Å². The van der Waals surface area contributed by atoms with Crippen molar-refractivity contribution in [2.75, 3.05) is 6.61 Å². The molecule has 0 radical (unpaired) electrons. The van der Waals surface area contributed by atoms with Gasteiger partial charge in [-0.05, 0) is 43.6 Å². The number of aliphatic hydroxyl groups is 1. The monoisotopic (exact) mass is 290 g/mol. The predicted octanol–water partition coefficient (Wildman–Crippen LogP) is 2.51. The normalized spacial score (nSPS) is 14.1. The lowest BCUT2D eigenvalue weighted by molar-refractivity contribution is -0.101. The van der Waals surface area contributed by atoms with Crippen molar-refractivity contribution in [2.24, 2.45) is 0 Å². The smallest absolute Gasteiger partial charge is 0.125 e. The van der Waals surface area contributed by atoms with E-state index in [2.05, 4.69) is 21.0 Å². The van der Waals surface area contributed by atoms with Gasteiger partial charge in [0.25, 0.3) is 0 Å². The Morgan fingerprint density at radius 1 is 1.56 bits per heavy atom. The van der Waals surface area contributed by atoms with E-state index in [0.29, 0.717) is 6.61 Å². The van der Waals surface area contributed by atoms with Crippen LogP contribution in [-0.2, 0) is 11.3 Å². The molecule has 0 saturated carbocycles. The highest BCUT2D eigenvalue weighted by Crippen LogP contribution is 2.33. The summed E-state index contributed by atoms with van der Waals surface area (Å²) in [5, 5.41) is 14.5. The predicted molar refractivity (Wildman–Crippen MR) is 66.3 cm³/mol. The number of ether oxygens (including phenoxy) is 1. The molecular weight excluding hydrogens is 272 g/mol. The number of rotatable bonds is 5. The molecule has 0 aliphatic carbocycles. The number of hydrogen-bond donors (Lipinski definition) is 1. The highest BCUT2D eigenvalue weighted by atomic mass is 79.9. The fourth-order valence-corrected chi connectivity index (χ4v) is 2.19. The first-order valence-electron chi connectivity index (χ1n) is 5.47. The van der Waals surface area contributed by atoms with Gasteiger partial charge in [-0.3, -0.25) is 4.68 Å². The maximum absolute atomic E-state index is 10.3. The molecule has 5 heteroatoms. The van der Waals surface area contributed by atoms with Crippen LogP contribution in [-0.4, -0.2) is 27.1 Å². The van der Waals surface area contributed by atoms with E-state index in [4.69, 9.17) is 4.74 Å². The molecule has 1 unspecified atom stereocenters. The molecular formula is C11H19BrN2O2. The molecule has 0 fully saturated rings. The molecule has 0 aromatic carbocycles. The molecule has 16 heavy (non-hydrogen) atoms. The van der Waals surface area contributed by atoms with E-state index in [0.717, 1.165) is 16.7 Å². The van der Waals surface area contributed by atoms with Crippen LogP contribution in [0.4, 0.5) is 0 Å². The summed E-state index contributed by atoms with van der Waals surface area (Å²) < 4.78 is 8.15. The minimum Gasteiger partial charge on any atom is -0.384 e. The molecule has 1 N–H and O–H groups in total. The SMILES string of the molecule is CCOC(C)(C)C(O)c1c(Br)cnn1CC. The summed E-state index contributed by atoms with van der Waals surface area (Å²) in [7, 11) is 0. The van der Waals surface area contributed by atoms with Gasteiger partial charge in [-0.2, -0.15) is 5.10 Å². The molecule has 1 aromatic rings. The summed E-state index contributed by atoms with van der Waals surface area (Å²) in [5.41, 5.74) is 0.144. The van der Waals surface area contributed by atoms with Gasteiger partial charge in [0.2, 0.25) is 0 Å². The molecule has 1 heterocycles. The molecule has 92 valence electrons. The van der Waals surface area contributed by atoms with Crippen LogP contribution in [0.5, 0.6) is 0 Å². The van der Waals surface area contributed by atoms with Crippen LogP contribution in [0.25, 0.3) is 0 Å². The molecule has 1 aromatic heterocycles. The standard InChI is InChI=1S/C11H19BrN2O2/c1-5-14-9(8(12)7-13-14)10(15)11(3,4)16-6-2/h7,10,15H,5-6H2,1-4H3. The third kappa shape index (κ3) is 2.64. The summed E-state index contributed by atoms with van der Waals surface area (Å²) in [6.45, 7) is 8.95. The van der Waals surface area contributed by atoms with Gasteiger partial charge in [-0.25, -0.2) is 0 Å². The summed E-state index contributed by atoms with van der Waals surface area (Å²) >= 11 is 3.40. The third-order valence-electron chi connectivity index (χ3n) is 2.57. The van der Waals surface area contributed by atoms with Crippen molar-refractivity contribution in [2.45, 2.75) is 45.9 Å². The van der Waals surface area contributed by atoms with Gasteiger partial charge >= 0.3 is 0 Å². The van der Waals surface area contributed by atoms with Gasteiger partial charge in [0.15, 0.2) is 0 Å². The number of hydrogen-bond acceptors (Lipinski definition) is 3. The van der Waals surface area contributed by atoms with Crippen molar-refractivity contribution < 1.29 is 9.84 Å². The topological polar surface area (TPSA) is 47.3 Å². The first-order chi connectivity index (χ1) is 7.44. The minimum atomic E-state index is -0.704. The van der Waals surface area contributed by atoms with Crippen LogP contribution in [0.3, 0.4) is 0 Å². The zero-order valence-electron chi connectivity index (χ0n) is 10.2. The zero-order valence-corrected chi connectivity index (χ0v) is 11.8. The fourth-order valence-electron chi connectivity index (χ4n) is 1.68. The molecule has 1 atom stereocenters. The van der Waals surface area contributed by atoms with Crippen LogP contribution >= 0.6 is 15.9 Å². The van der Waals surface area contributed by atoms with Gasteiger partial charge in [0.1, 0.15) is 6.10 Å². The van der Waals surface area contributed by atoms with Gasteiger partial charge in [-0.1, -0.05) is 0 Å². The second-order valence-corrected chi connectivity index (χ2v) is 4.99. The zero-order chi connectivity index (χ0) is 12.3. The van der Waals surface area contributed by atoms with Gasteiger partial charge in [-0.15, -0.1) is 0 Å². The first kappa shape index (κ1) is 13.7.